The van der Waals surface area contributed by atoms with Crippen LogP contribution in [0.4, 0.5) is 17.1 Å². The number of benzene rings is 2. The van der Waals surface area contributed by atoms with Gasteiger partial charge in [-0.05, 0) is 49.7 Å². The van der Waals surface area contributed by atoms with E-state index in [4.69, 9.17) is 10.5 Å². The molecule has 0 bridgehead atoms. The molecule has 0 saturated carbocycles. The monoisotopic (exact) mass is 320 g/mol. The van der Waals surface area contributed by atoms with Crippen LogP contribution in [0.15, 0.2) is 40.9 Å². The van der Waals surface area contributed by atoms with Gasteiger partial charge in [-0.2, -0.15) is 0 Å². The molecular formula is C15H17BrN2O. The fraction of sp³-hybridized carbons (Fsp3) is 0.200. The number of hydrogen-bond acceptors (Lipinski definition) is 3. The number of nitrogen functional groups attached to an aromatic ring is 1. The first-order valence-electron chi connectivity index (χ1n) is 6.15. The highest BCUT2D eigenvalue weighted by molar-refractivity contribution is 9.10. The van der Waals surface area contributed by atoms with Gasteiger partial charge in [-0.25, -0.2) is 0 Å². The van der Waals surface area contributed by atoms with Crippen LogP contribution in [0.25, 0.3) is 0 Å². The molecule has 0 saturated heterocycles. The smallest absolute Gasteiger partial charge is 0.144 e. The Balaban J connectivity index is 2.25. The number of nitrogens with two attached hydrogens (primary N) is 1. The Hall–Kier alpha value is -1.68. The molecule has 0 aliphatic carbocycles. The van der Waals surface area contributed by atoms with E-state index in [-0.39, 0.29) is 0 Å². The number of ether oxygens (including phenoxy) is 1. The third-order valence-corrected chi connectivity index (χ3v) is 3.27. The van der Waals surface area contributed by atoms with Crippen LogP contribution in [-0.4, -0.2) is 6.61 Å². The lowest BCUT2D eigenvalue weighted by molar-refractivity contribution is 0.342. The number of anilines is 3. The largest absolute Gasteiger partial charge is 0.492 e. The zero-order valence-electron chi connectivity index (χ0n) is 11.0. The zero-order valence-corrected chi connectivity index (χ0v) is 12.6. The van der Waals surface area contributed by atoms with Crippen molar-refractivity contribution < 1.29 is 4.74 Å². The highest BCUT2D eigenvalue weighted by Crippen LogP contribution is 2.29. The molecule has 4 heteroatoms. The van der Waals surface area contributed by atoms with E-state index in [1.54, 1.807) is 0 Å². The van der Waals surface area contributed by atoms with Crippen LogP contribution in [0, 0.1) is 6.92 Å². The van der Waals surface area contributed by atoms with E-state index in [1.807, 2.05) is 37.3 Å². The van der Waals surface area contributed by atoms with E-state index >= 15 is 0 Å². The lowest BCUT2D eigenvalue weighted by atomic mass is 10.2. The maximum Gasteiger partial charge on any atom is 0.144 e. The predicted molar refractivity (Wildman–Crippen MR) is 84.2 cm³/mol. The zero-order chi connectivity index (χ0) is 13.8. The van der Waals surface area contributed by atoms with E-state index in [0.29, 0.717) is 18.0 Å². The summed E-state index contributed by atoms with van der Waals surface area (Å²) in [5, 5.41) is 3.37. The van der Waals surface area contributed by atoms with Crippen LogP contribution in [0.2, 0.25) is 0 Å². The summed E-state index contributed by atoms with van der Waals surface area (Å²) in [6.45, 7) is 4.61. The fourth-order valence-corrected chi connectivity index (χ4v) is 2.29. The summed E-state index contributed by atoms with van der Waals surface area (Å²) in [4.78, 5) is 0. The SMILES string of the molecule is CCOc1cc(Nc2ccc(Br)cc2C)ccc1N. The van der Waals surface area contributed by atoms with E-state index < -0.39 is 0 Å². The Kier molecular flexibility index (Phi) is 4.32. The number of aryl methyl sites for hydroxylation is 1. The van der Waals surface area contributed by atoms with Crippen LogP contribution >= 0.6 is 15.9 Å². The molecule has 100 valence electrons. The Morgan fingerprint density at radius 3 is 2.68 bits per heavy atom. The molecule has 0 radical (unpaired) electrons. The molecule has 0 aliphatic rings. The summed E-state index contributed by atoms with van der Waals surface area (Å²) in [5.74, 6) is 0.710. The minimum Gasteiger partial charge on any atom is -0.492 e. The molecule has 0 spiro atoms. The van der Waals surface area contributed by atoms with Crippen LogP contribution < -0.4 is 15.8 Å². The molecule has 0 heterocycles. The predicted octanol–water partition coefficient (Wildman–Crippen LogP) is 4.48. The summed E-state index contributed by atoms with van der Waals surface area (Å²) < 4.78 is 6.56. The molecule has 2 rings (SSSR count). The first-order chi connectivity index (χ1) is 9.10. The molecule has 0 amide bonds. The molecule has 0 atom stereocenters. The number of halogens is 1. The van der Waals surface area contributed by atoms with Crippen LogP contribution in [0.1, 0.15) is 12.5 Å². The van der Waals surface area contributed by atoms with E-state index in [9.17, 15) is 0 Å². The number of hydrogen-bond donors (Lipinski definition) is 2. The second-order valence-electron chi connectivity index (χ2n) is 4.27. The standard InChI is InChI=1S/C15H17BrN2O/c1-3-19-15-9-12(5-6-13(15)17)18-14-7-4-11(16)8-10(14)2/h4-9,18H,3,17H2,1-2H3. The molecule has 0 fully saturated rings. The molecular weight excluding hydrogens is 304 g/mol. The lowest BCUT2D eigenvalue weighted by Gasteiger charge is -2.13. The van der Waals surface area contributed by atoms with Gasteiger partial charge < -0.3 is 15.8 Å². The molecule has 0 aromatic heterocycles. The van der Waals surface area contributed by atoms with Crippen molar-refractivity contribution in [2.75, 3.05) is 17.7 Å². The maximum atomic E-state index is 5.86. The minimum atomic E-state index is 0.602. The highest BCUT2D eigenvalue weighted by atomic mass is 79.9. The van der Waals surface area contributed by atoms with Crippen molar-refractivity contribution >= 4 is 33.0 Å². The summed E-state index contributed by atoms with van der Waals surface area (Å²) >= 11 is 3.46. The van der Waals surface area contributed by atoms with Gasteiger partial charge >= 0.3 is 0 Å². The molecule has 3 nitrogen and oxygen atoms in total. The van der Waals surface area contributed by atoms with Gasteiger partial charge in [0.15, 0.2) is 0 Å². The minimum absolute atomic E-state index is 0.602. The highest BCUT2D eigenvalue weighted by Gasteiger charge is 2.04. The van der Waals surface area contributed by atoms with Crippen molar-refractivity contribution in [2.24, 2.45) is 0 Å². The van der Waals surface area contributed by atoms with E-state index in [0.717, 1.165) is 15.8 Å². The molecule has 19 heavy (non-hydrogen) atoms. The van der Waals surface area contributed by atoms with Gasteiger partial charge in [-0.1, -0.05) is 15.9 Å². The van der Waals surface area contributed by atoms with Gasteiger partial charge in [-0.3, -0.25) is 0 Å². The van der Waals surface area contributed by atoms with Gasteiger partial charge in [0.2, 0.25) is 0 Å². The van der Waals surface area contributed by atoms with E-state index in [2.05, 4.69) is 34.2 Å². The Bertz CT molecular complexity index is 584. The average Bonchev–Trinajstić information content (AvgIpc) is 2.37. The summed E-state index contributed by atoms with van der Waals surface area (Å²) in [7, 11) is 0. The Morgan fingerprint density at radius 1 is 1.21 bits per heavy atom. The number of nitrogens with one attached hydrogen (secondary N) is 1. The normalized spacial score (nSPS) is 10.3. The van der Waals surface area contributed by atoms with Gasteiger partial charge in [0.1, 0.15) is 5.75 Å². The van der Waals surface area contributed by atoms with Gasteiger partial charge in [0.05, 0.1) is 12.3 Å². The topological polar surface area (TPSA) is 47.3 Å². The van der Waals surface area contributed by atoms with Crippen LogP contribution in [0.3, 0.4) is 0 Å². The summed E-state index contributed by atoms with van der Waals surface area (Å²) in [5.41, 5.74) is 9.71. The van der Waals surface area contributed by atoms with Crippen molar-refractivity contribution in [1.29, 1.82) is 0 Å². The third-order valence-electron chi connectivity index (χ3n) is 2.78. The molecule has 2 aromatic rings. The molecule has 0 aliphatic heterocycles. The van der Waals surface area contributed by atoms with Crippen molar-refractivity contribution in [3.63, 3.8) is 0 Å². The molecule has 0 unspecified atom stereocenters. The second-order valence-corrected chi connectivity index (χ2v) is 5.19. The van der Waals surface area contributed by atoms with Gasteiger partial charge in [0, 0.05) is 21.9 Å². The molecule has 2 aromatic carbocycles. The quantitative estimate of drug-likeness (QED) is 0.816. The van der Waals surface area contributed by atoms with Crippen molar-refractivity contribution in [2.45, 2.75) is 13.8 Å². The fourth-order valence-electron chi connectivity index (χ4n) is 1.82. The van der Waals surface area contributed by atoms with Crippen molar-refractivity contribution in [1.82, 2.24) is 0 Å². The first kappa shape index (κ1) is 13.7. The maximum absolute atomic E-state index is 5.86. The van der Waals surface area contributed by atoms with Gasteiger partial charge in [-0.15, -0.1) is 0 Å². The van der Waals surface area contributed by atoms with Crippen LogP contribution in [-0.2, 0) is 0 Å². The van der Waals surface area contributed by atoms with Crippen LogP contribution in [0.5, 0.6) is 5.75 Å². The summed E-state index contributed by atoms with van der Waals surface area (Å²) in [6.07, 6.45) is 0. The Labute approximate surface area is 121 Å². The van der Waals surface area contributed by atoms with Gasteiger partial charge in [0.25, 0.3) is 0 Å². The van der Waals surface area contributed by atoms with E-state index in [1.165, 1.54) is 5.56 Å². The third kappa shape index (κ3) is 3.41. The first-order valence-corrected chi connectivity index (χ1v) is 6.95. The van der Waals surface area contributed by atoms with Crippen molar-refractivity contribution in [3.8, 4) is 5.75 Å². The Morgan fingerprint density at radius 2 is 2.00 bits per heavy atom. The van der Waals surface area contributed by atoms with Crippen molar-refractivity contribution in [3.05, 3.63) is 46.4 Å². The average molecular weight is 321 g/mol. The lowest BCUT2D eigenvalue weighted by Crippen LogP contribution is -1.99. The summed E-state index contributed by atoms with van der Waals surface area (Å²) in [6, 6.07) is 11.8. The second kappa shape index (κ2) is 5.97. The molecule has 3 N–H and O–H groups in total. The number of rotatable bonds is 4.